The number of amides is 2. The number of nitrogens with one attached hydrogen (secondary N) is 2. The molecule has 2 aromatic carbocycles. The Morgan fingerprint density at radius 2 is 1.80 bits per heavy atom. The largest absolute Gasteiger partial charge is 0.376 e. The van der Waals surface area contributed by atoms with Crippen molar-refractivity contribution in [3.63, 3.8) is 0 Å². The van der Waals surface area contributed by atoms with Gasteiger partial charge in [0.15, 0.2) is 5.16 Å². The minimum absolute atomic E-state index is 0.00942. The first-order chi connectivity index (χ1) is 19.5. The van der Waals surface area contributed by atoms with Crippen LogP contribution in [0.2, 0.25) is 0 Å². The summed E-state index contributed by atoms with van der Waals surface area (Å²) in [5, 5.41) is 7.18. The van der Waals surface area contributed by atoms with Gasteiger partial charge in [0, 0.05) is 32.2 Å². The second kappa shape index (κ2) is 13.5. The van der Waals surface area contributed by atoms with Crippen molar-refractivity contribution in [2.75, 3.05) is 18.9 Å². The second-order valence-electron chi connectivity index (χ2n) is 11.0. The molecule has 2 heterocycles. The number of para-hydroxylation sites is 1. The SMILES string of the molecule is Cc1ccc(CNC(=O)CSc2nc3ccccc3c(=O)n2CC2CCC(C(=O)NCC3CCCO3)CC2)cc1. The minimum atomic E-state index is -0.103. The Morgan fingerprint density at radius 3 is 2.55 bits per heavy atom. The summed E-state index contributed by atoms with van der Waals surface area (Å²) >= 11 is 1.30. The fraction of sp³-hybridized carbons (Fsp3) is 0.484. The van der Waals surface area contributed by atoms with E-state index in [4.69, 9.17) is 9.72 Å². The minimum Gasteiger partial charge on any atom is -0.376 e. The summed E-state index contributed by atoms with van der Waals surface area (Å²) in [6.07, 6.45) is 5.58. The first-order valence-electron chi connectivity index (χ1n) is 14.3. The van der Waals surface area contributed by atoms with Crippen molar-refractivity contribution in [1.29, 1.82) is 0 Å². The normalized spacial score (nSPS) is 20.9. The van der Waals surface area contributed by atoms with Crippen LogP contribution in [0.5, 0.6) is 0 Å². The predicted octanol–water partition coefficient (Wildman–Crippen LogP) is 4.22. The lowest BCUT2D eigenvalue weighted by Crippen LogP contribution is -2.38. The van der Waals surface area contributed by atoms with Gasteiger partial charge in [0.2, 0.25) is 11.8 Å². The number of aromatic nitrogens is 2. The van der Waals surface area contributed by atoms with Crippen LogP contribution >= 0.6 is 11.8 Å². The molecule has 0 spiro atoms. The highest BCUT2D eigenvalue weighted by Gasteiger charge is 2.28. The second-order valence-corrected chi connectivity index (χ2v) is 11.9. The summed E-state index contributed by atoms with van der Waals surface area (Å²) in [7, 11) is 0. The molecule has 212 valence electrons. The number of carbonyl (C=O) groups is 2. The molecular weight excluding hydrogens is 524 g/mol. The van der Waals surface area contributed by atoms with Gasteiger partial charge < -0.3 is 15.4 Å². The van der Waals surface area contributed by atoms with Gasteiger partial charge in [-0.3, -0.25) is 19.0 Å². The molecule has 3 aromatic rings. The molecule has 2 amide bonds. The van der Waals surface area contributed by atoms with Gasteiger partial charge in [0.05, 0.1) is 22.8 Å². The van der Waals surface area contributed by atoms with E-state index < -0.39 is 0 Å². The summed E-state index contributed by atoms with van der Waals surface area (Å²) in [6, 6.07) is 15.4. The molecule has 9 heteroatoms. The number of hydrogen-bond donors (Lipinski definition) is 2. The first-order valence-corrected chi connectivity index (χ1v) is 15.3. The van der Waals surface area contributed by atoms with Gasteiger partial charge in [0.25, 0.3) is 5.56 Å². The maximum absolute atomic E-state index is 13.5. The van der Waals surface area contributed by atoms with Crippen LogP contribution < -0.4 is 16.2 Å². The Kier molecular flexibility index (Phi) is 9.54. The Bertz CT molecular complexity index is 1380. The fourth-order valence-electron chi connectivity index (χ4n) is 5.54. The number of benzene rings is 2. The van der Waals surface area contributed by atoms with Crippen molar-refractivity contribution >= 4 is 34.5 Å². The van der Waals surface area contributed by atoms with E-state index in [2.05, 4.69) is 10.6 Å². The molecule has 1 aliphatic carbocycles. The topological polar surface area (TPSA) is 102 Å². The number of rotatable bonds is 10. The molecule has 2 aliphatic rings. The lowest BCUT2D eigenvalue weighted by atomic mass is 9.81. The molecule has 1 aromatic heterocycles. The third-order valence-corrected chi connectivity index (χ3v) is 8.93. The van der Waals surface area contributed by atoms with Crippen molar-refractivity contribution in [2.24, 2.45) is 11.8 Å². The van der Waals surface area contributed by atoms with Crippen LogP contribution in [0.15, 0.2) is 58.5 Å². The maximum atomic E-state index is 13.5. The number of ether oxygens (including phenoxy) is 1. The van der Waals surface area contributed by atoms with Crippen molar-refractivity contribution in [2.45, 2.75) is 69.8 Å². The van der Waals surface area contributed by atoms with E-state index in [1.807, 2.05) is 49.4 Å². The zero-order valence-corrected chi connectivity index (χ0v) is 23.9. The van der Waals surface area contributed by atoms with Crippen LogP contribution in [-0.4, -0.2) is 46.4 Å². The van der Waals surface area contributed by atoms with E-state index in [0.29, 0.717) is 35.7 Å². The van der Waals surface area contributed by atoms with Gasteiger partial charge in [-0.05, 0) is 69.1 Å². The standard InChI is InChI=1S/C31H38N4O4S/c1-21-8-10-22(11-9-21)17-32-28(36)20-40-31-34-27-7-3-2-6-26(27)30(38)35(31)19-23-12-14-24(15-13-23)29(37)33-18-25-5-4-16-39-25/h2-3,6-11,23-25H,4-5,12-20H2,1H3,(H,32,36)(H,33,37). The number of hydrogen-bond acceptors (Lipinski definition) is 6. The Morgan fingerprint density at radius 1 is 1.02 bits per heavy atom. The van der Waals surface area contributed by atoms with Gasteiger partial charge >= 0.3 is 0 Å². The Balaban J connectivity index is 1.20. The van der Waals surface area contributed by atoms with E-state index in [0.717, 1.165) is 50.7 Å². The van der Waals surface area contributed by atoms with Crippen LogP contribution in [0.3, 0.4) is 0 Å². The Labute approximate surface area is 239 Å². The van der Waals surface area contributed by atoms with E-state index in [-0.39, 0.29) is 41.1 Å². The van der Waals surface area contributed by atoms with Crippen LogP contribution in [0.25, 0.3) is 10.9 Å². The van der Waals surface area contributed by atoms with Crippen LogP contribution in [-0.2, 0) is 27.4 Å². The van der Waals surface area contributed by atoms with Gasteiger partial charge in [-0.15, -0.1) is 0 Å². The average Bonchev–Trinajstić information content (AvgIpc) is 3.50. The molecule has 1 saturated heterocycles. The molecular formula is C31H38N4O4S. The van der Waals surface area contributed by atoms with Crippen LogP contribution in [0, 0.1) is 18.8 Å². The quantitative estimate of drug-likeness (QED) is 0.284. The number of nitrogens with zero attached hydrogens (tertiary/aromatic N) is 2. The number of aryl methyl sites for hydroxylation is 1. The lowest BCUT2D eigenvalue weighted by Gasteiger charge is -2.29. The van der Waals surface area contributed by atoms with Gasteiger partial charge in [-0.25, -0.2) is 4.98 Å². The van der Waals surface area contributed by atoms with Gasteiger partial charge in [0.1, 0.15) is 0 Å². The van der Waals surface area contributed by atoms with Crippen molar-refractivity contribution in [3.05, 3.63) is 70.0 Å². The fourth-order valence-corrected chi connectivity index (χ4v) is 6.37. The van der Waals surface area contributed by atoms with E-state index in [1.54, 1.807) is 10.6 Å². The zero-order chi connectivity index (χ0) is 27.9. The molecule has 2 fully saturated rings. The first kappa shape index (κ1) is 28.4. The molecule has 1 atom stereocenters. The smallest absolute Gasteiger partial charge is 0.262 e. The molecule has 8 nitrogen and oxygen atoms in total. The molecule has 1 unspecified atom stereocenters. The Hall–Kier alpha value is -3.17. The van der Waals surface area contributed by atoms with E-state index in [9.17, 15) is 14.4 Å². The third-order valence-electron chi connectivity index (χ3n) is 7.96. The molecule has 1 saturated carbocycles. The summed E-state index contributed by atoms with van der Waals surface area (Å²) < 4.78 is 7.36. The molecule has 2 N–H and O–H groups in total. The number of fused-ring (bicyclic) bond motifs is 1. The van der Waals surface area contributed by atoms with E-state index in [1.165, 1.54) is 17.3 Å². The summed E-state index contributed by atoms with van der Waals surface area (Å²) in [5.74, 6) is 0.474. The predicted molar refractivity (Wildman–Crippen MR) is 157 cm³/mol. The third kappa shape index (κ3) is 7.31. The summed E-state index contributed by atoms with van der Waals surface area (Å²) in [5.41, 5.74) is 2.78. The van der Waals surface area contributed by atoms with Crippen molar-refractivity contribution in [3.8, 4) is 0 Å². The average molecular weight is 563 g/mol. The highest BCUT2D eigenvalue weighted by molar-refractivity contribution is 7.99. The van der Waals surface area contributed by atoms with Gasteiger partial charge in [-0.2, -0.15) is 0 Å². The maximum Gasteiger partial charge on any atom is 0.262 e. The molecule has 0 bridgehead atoms. The van der Waals surface area contributed by atoms with Crippen molar-refractivity contribution in [1.82, 2.24) is 20.2 Å². The zero-order valence-electron chi connectivity index (χ0n) is 23.1. The number of thioether (sulfide) groups is 1. The van der Waals surface area contributed by atoms with E-state index >= 15 is 0 Å². The highest BCUT2D eigenvalue weighted by atomic mass is 32.2. The van der Waals surface area contributed by atoms with Crippen LogP contribution in [0.4, 0.5) is 0 Å². The van der Waals surface area contributed by atoms with Crippen LogP contribution in [0.1, 0.15) is 49.7 Å². The van der Waals surface area contributed by atoms with Crippen molar-refractivity contribution < 1.29 is 14.3 Å². The van der Waals surface area contributed by atoms with Gasteiger partial charge in [-0.1, -0.05) is 53.7 Å². The summed E-state index contributed by atoms with van der Waals surface area (Å²) in [4.78, 5) is 43.7. The molecule has 1 aliphatic heterocycles. The lowest BCUT2D eigenvalue weighted by molar-refractivity contribution is -0.126. The molecule has 40 heavy (non-hydrogen) atoms. The molecule has 0 radical (unpaired) electrons. The monoisotopic (exact) mass is 562 g/mol. The number of carbonyl (C=O) groups excluding carboxylic acids is 2. The highest BCUT2D eigenvalue weighted by Crippen LogP contribution is 2.31. The molecule has 5 rings (SSSR count). The summed E-state index contributed by atoms with van der Waals surface area (Å²) in [6.45, 7) is 4.41.